The third kappa shape index (κ3) is 8.40. The normalized spacial score (nSPS) is 10.4. The van der Waals surface area contributed by atoms with Gasteiger partial charge in [-0.1, -0.05) is 18.2 Å². The van der Waals surface area contributed by atoms with Gasteiger partial charge >= 0.3 is 0 Å². The van der Waals surface area contributed by atoms with Gasteiger partial charge in [0.1, 0.15) is 12.4 Å². The van der Waals surface area contributed by atoms with Crippen molar-refractivity contribution in [1.82, 2.24) is 5.43 Å². The summed E-state index contributed by atoms with van der Waals surface area (Å²) < 4.78 is 16.7. The maximum Gasteiger partial charge on any atom is 0.240 e. The SMILES string of the molecule is CCOc1cc(C=NNC(=O)CCC(=O)Nc2ccc(OC)cc2)ccc1OCc1ccccc1C#N. The number of ether oxygens (including phenoxy) is 3. The molecule has 0 heterocycles. The number of hydrogen-bond acceptors (Lipinski definition) is 7. The van der Waals surface area contributed by atoms with Crippen LogP contribution < -0.4 is 25.0 Å². The molecule has 0 aliphatic rings. The van der Waals surface area contributed by atoms with Gasteiger partial charge in [-0.05, 0) is 61.0 Å². The van der Waals surface area contributed by atoms with E-state index in [0.717, 1.165) is 5.56 Å². The lowest BCUT2D eigenvalue weighted by Crippen LogP contribution is -2.20. The van der Waals surface area contributed by atoms with Crippen LogP contribution in [0.15, 0.2) is 71.8 Å². The maximum atomic E-state index is 12.1. The Morgan fingerprint density at radius 2 is 1.73 bits per heavy atom. The molecule has 3 rings (SSSR count). The number of nitrogens with one attached hydrogen (secondary N) is 2. The molecule has 0 fully saturated rings. The molecule has 0 spiro atoms. The monoisotopic (exact) mass is 500 g/mol. The summed E-state index contributed by atoms with van der Waals surface area (Å²) in [5, 5.41) is 15.9. The van der Waals surface area contributed by atoms with Crippen molar-refractivity contribution >= 4 is 23.7 Å². The van der Waals surface area contributed by atoms with E-state index in [2.05, 4.69) is 21.9 Å². The van der Waals surface area contributed by atoms with Crippen molar-refractivity contribution in [2.75, 3.05) is 19.0 Å². The fourth-order valence-electron chi connectivity index (χ4n) is 3.26. The van der Waals surface area contributed by atoms with Crippen molar-refractivity contribution in [3.05, 3.63) is 83.4 Å². The molecule has 0 bridgehead atoms. The second kappa shape index (κ2) is 13.9. The number of hydrazone groups is 1. The first-order chi connectivity index (χ1) is 18.0. The predicted molar refractivity (Wildman–Crippen MR) is 140 cm³/mol. The number of hydrogen-bond donors (Lipinski definition) is 2. The molecule has 2 amide bonds. The molecule has 0 saturated carbocycles. The van der Waals surface area contributed by atoms with Crippen molar-refractivity contribution in [3.8, 4) is 23.3 Å². The van der Waals surface area contributed by atoms with Crippen molar-refractivity contribution in [1.29, 1.82) is 5.26 Å². The van der Waals surface area contributed by atoms with Crippen LogP contribution in [0.1, 0.15) is 36.5 Å². The van der Waals surface area contributed by atoms with Gasteiger partial charge in [-0.2, -0.15) is 10.4 Å². The summed E-state index contributed by atoms with van der Waals surface area (Å²) in [6.07, 6.45) is 1.48. The highest BCUT2D eigenvalue weighted by molar-refractivity contribution is 5.93. The fourth-order valence-corrected chi connectivity index (χ4v) is 3.26. The molecule has 9 nitrogen and oxygen atoms in total. The molecule has 190 valence electrons. The Kier molecular flexibility index (Phi) is 10.1. The van der Waals surface area contributed by atoms with Gasteiger partial charge in [0.2, 0.25) is 11.8 Å². The summed E-state index contributed by atoms with van der Waals surface area (Å²) in [7, 11) is 1.57. The third-order valence-corrected chi connectivity index (χ3v) is 5.14. The van der Waals surface area contributed by atoms with E-state index in [9.17, 15) is 14.9 Å². The highest BCUT2D eigenvalue weighted by atomic mass is 16.5. The average Bonchev–Trinajstić information content (AvgIpc) is 2.92. The number of methoxy groups -OCH3 is 1. The quantitative estimate of drug-likeness (QED) is 0.281. The summed E-state index contributed by atoms with van der Waals surface area (Å²) in [5.41, 5.74) is 5.06. The van der Waals surface area contributed by atoms with Crippen LogP contribution in [0.5, 0.6) is 17.2 Å². The minimum absolute atomic E-state index is 0.0134. The number of amides is 2. The van der Waals surface area contributed by atoms with E-state index in [1.165, 1.54) is 6.21 Å². The van der Waals surface area contributed by atoms with Crippen molar-refractivity contribution < 1.29 is 23.8 Å². The molecule has 0 aliphatic carbocycles. The number of rotatable bonds is 12. The van der Waals surface area contributed by atoms with E-state index in [1.807, 2.05) is 19.1 Å². The van der Waals surface area contributed by atoms with Crippen LogP contribution in [-0.4, -0.2) is 31.7 Å². The molecular weight excluding hydrogens is 472 g/mol. The Morgan fingerprint density at radius 1 is 0.973 bits per heavy atom. The Bertz CT molecular complexity index is 1280. The Balaban J connectivity index is 1.50. The van der Waals surface area contributed by atoms with Gasteiger partial charge in [0, 0.05) is 24.1 Å². The second-order valence-electron chi connectivity index (χ2n) is 7.77. The van der Waals surface area contributed by atoms with Gasteiger partial charge in [-0.15, -0.1) is 0 Å². The van der Waals surface area contributed by atoms with Gasteiger partial charge in [-0.3, -0.25) is 9.59 Å². The smallest absolute Gasteiger partial charge is 0.240 e. The van der Waals surface area contributed by atoms with E-state index in [1.54, 1.807) is 61.7 Å². The van der Waals surface area contributed by atoms with Gasteiger partial charge in [-0.25, -0.2) is 5.43 Å². The zero-order chi connectivity index (χ0) is 26.5. The minimum Gasteiger partial charge on any atom is -0.497 e. The molecule has 0 saturated heterocycles. The lowest BCUT2D eigenvalue weighted by molar-refractivity contribution is -0.124. The number of nitriles is 1. The lowest BCUT2D eigenvalue weighted by atomic mass is 10.1. The highest BCUT2D eigenvalue weighted by Crippen LogP contribution is 2.29. The van der Waals surface area contributed by atoms with Gasteiger partial charge < -0.3 is 19.5 Å². The van der Waals surface area contributed by atoms with Gasteiger partial charge in [0.25, 0.3) is 0 Å². The first-order valence-electron chi connectivity index (χ1n) is 11.7. The molecule has 0 unspecified atom stereocenters. The molecule has 9 heteroatoms. The Hall–Kier alpha value is -4.84. The molecule has 0 radical (unpaired) electrons. The number of nitrogens with zero attached hydrogens (tertiary/aromatic N) is 2. The Labute approximate surface area is 215 Å². The second-order valence-corrected chi connectivity index (χ2v) is 7.77. The van der Waals surface area contributed by atoms with E-state index in [4.69, 9.17) is 14.2 Å². The molecule has 0 atom stereocenters. The first-order valence-corrected chi connectivity index (χ1v) is 11.7. The number of benzene rings is 3. The van der Waals surface area contributed by atoms with E-state index >= 15 is 0 Å². The molecule has 3 aromatic carbocycles. The molecule has 37 heavy (non-hydrogen) atoms. The molecular formula is C28H28N4O5. The van der Waals surface area contributed by atoms with Crippen LogP contribution in [0.2, 0.25) is 0 Å². The van der Waals surface area contributed by atoms with Gasteiger partial charge in [0.15, 0.2) is 11.5 Å². The molecule has 3 aromatic rings. The largest absolute Gasteiger partial charge is 0.497 e. The predicted octanol–water partition coefficient (Wildman–Crippen LogP) is 4.41. The third-order valence-electron chi connectivity index (χ3n) is 5.14. The summed E-state index contributed by atoms with van der Waals surface area (Å²) in [6, 6.07) is 21.6. The van der Waals surface area contributed by atoms with E-state index in [0.29, 0.717) is 40.7 Å². The van der Waals surface area contributed by atoms with Crippen LogP contribution in [0.4, 0.5) is 5.69 Å². The first kappa shape index (κ1) is 26.8. The number of anilines is 1. The summed E-state index contributed by atoms with van der Waals surface area (Å²) in [6.45, 7) is 2.51. The van der Waals surface area contributed by atoms with Crippen LogP contribution in [-0.2, 0) is 16.2 Å². The molecule has 0 aromatic heterocycles. The van der Waals surface area contributed by atoms with Crippen LogP contribution >= 0.6 is 0 Å². The zero-order valence-electron chi connectivity index (χ0n) is 20.7. The molecule has 2 N–H and O–H groups in total. The van der Waals surface area contributed by atoms with Crippen molar-refractivity contribution in [3.63, 3.8) is 0 Å². The summed E-state index contributed by atoms with van der Waals surface area (Å²) in [5.74, 6) is 1.06. The van der Waals surface area contributed by atoms with Crippen LogP contribution in [0, 0.1) is 11.3 Å². The standard InChI is InChI=1S/C28H28N4O5/c1-3-36-26-16-20(8-13-25(26)37-19-22-7-5-4-6-21(22)17-29)18-30-32-28(34)15-14-27(33)31-23-9-11-24(35-2)12-10-23/h4-13,16,18H,3,14-15,19H2,1-2H3,(H,31,33)(H,32,34). The summed E-state index contributed by atoms with van der Waals surface area (Å²) >= 11 is 0. The van der Waals surface area contributed by atoms with Crippen molar-refractivity contribution in [2.45, 2.75) is 26.4 Å². The topological polar surface area (TPSA) is 122 Å². The maximum absolute atomic E-state index is 12.1. The Morgan fingerprint density at radius 3 is 2.46 bits per heavy atom. The van der Waals surface area contributed by atoms with E-state index < -0.39 is 0 Å². The minimum atomic E-state index is -0.387. The molecule has 0 aliphatic heterocycles. The number of carbonyl (C=O) groups excluding carboxylic acids is 2. The van der Waals surface area contributed by atoms with Crippen molar-refractivity contribution in [2.24, 2.45) is 5.10 Å². The number of carbonyl (C=O) groups is 2. The lowest BCUT2D eigenvalue weighted by Gasteiger charge is -2.13. The van der Waals surface area contributed by atoms with Crippen LogP contribution in [0.3, 0.4) is 0 Å². The van der Waals surface area contributed by atoms with Crippen LogP contribution in [0.25, 0.3) is 0 Å². The zero-order valence-corrected chi connectivity index (χ0v) is 20.7. The highest BCUT2D eigenvalue weighted by Gasteiger charge is 2.09. The summed E-state index contributed by atoms with van der Waals surface area (Å²) in [4.78, 5) is 24.2. The average molecular weight is 501 g/mol. The van der Waals surface area contributed by atoms with Gasteiger partial charge in [0.05, 0.1) is 31.6 Å². The van der Waals surface area contributed by atoms with E-state index in [-0.39, 0.29) is 31.3 Å². The fraction of sp³-hybridized carbons (Fsp3) is 0.214.